The average molecular weight is 350 g/mol. The second-order valence-electron chi connectivity index (χ2n) is 6.35. The van der Waals surface area contributed by atoms with Crippen molar-refractivity contribution in [3.05, 3.63) is 47.3 Å². The van der Waals surface area contributed by atoms with E-state index in [1.54, 1.807) is 18.2 Å². The molecule has 1 atom stereocenters. The smallest absolute Gasteiger partial charge is 0.248 e. The lowest BCUT2D eigenvalue weighted by molar-refractivity contribution is -0.933. The van der Waals surface area contributed by atoms with Crippen molar-refractivity contribution in [2.24, 2.45) is 0 Å². The van der Waals surface area contributed by atoms with E-state index in [4.69, 9.17) is 4.52 Å². The Morgan fingerprint density at radius 2 is 1.79 bits per heavy atom. The second-order valence-corrected chi connectivity index (χ2v) is 8.22. The number of sulfonamides is 1. The quantitative estimate of drug-likeness (QED) is 0.891. The van der Waals surface area contributed by atoms with Gasteiger partial charge in [-0.3, -0.25) is 0 Å². The van der Waals surface area contributed by atoms with Crippen molar-refractivity contribution in [3.8, 4) is 0 Å². The van der Waals surface area contributed by atoms with Crippen LogP contribution < -0.4 is 4.90 Å². The fourth-order valence-corrected chi connectivity index (χ4v) is 5.13. The minimum atomic E-state index is -3.53. The van der Waals surface area contributed by atoms with Crippen LogP contribution in [-0.2, 0) is 10.0 Å². The van der Waals surface area contributed by atoms with Crippen LogP contribution >= 0.6 is 0 Å². The molecule has 24 heavy (non-hydrogen) atoms. The molecule has 1 aromatic carbocycles. The van der Waals surface area contributed by atoms with Gasteiger partial charge >= 0.3 is 0 Å². The molecule has 0 unspecified atom stereocenters. The molecular formula is C17H24N3O3S+. The maximum atomic E-state index is 12.9. The highest BCUT2D eigenvalue weighted by molar-refractivity contribution is 7.89. The van der Waals surface area contributed by atoms with E-state index in [1.165, 1.54) is 10.5 Å². The molecule has 130 valence electrons. The van der Waals surface area contributed by atoms with Gasteiger partial charge in [0.1, 0.15) is 16.6 Å². The van der Waals surface area contributed by atoms with Crippen LogP contribution in [-0.4, -0.2) is 44.1 Å². The van der Waals surface area contributed by atoms with Gasteiger partial charge < -0.3 is 9.42 Å². The Morgan fingerprint density at radius 1 is 1.17 bits per heavy atom. The zero-order valence-corrected chi connectivity index (χ0v) is 15.1. The van der Waals surface area contributed by atoms with E-state index in [0.29, 0.717) is 30.6 Å². The van der Waals surface area contributed by atoms with E-state index in [0.717, 1.165) is 13.1 Å². The standard InChI is InChI=1S/C17H23N3O3S/c1-13-17(15(3)23-18-13)24(21,22)20-11-9-19(10-12-20)14(2)16-7-5-4-6-8-16/h4-8,14H,9-12H2,1-3H3/p+1/t14-/m0/s1. The van der Waals surface area contributed by atoms with Gasteiger partial charge in [-0.05, 0) is 20.8 Å². The van der Waals surface area contributed by atoms with Gasteiger partial charge in [-0.2, -0.15) is 4.31 Å². The van der Waals surface area contributed by atoms with E-state index in [1.807, 2.05) is 18.2 Å². The molecular weight excluding hydrogens is 326 g/mol. The van der Waals surface area contributed by atoms with Gasteiger partial charge in [0, 0.05) is 5.56 Å². The Labute approximate surface area is 143 Å². The van der Waals surface area contributed by atoms with Crippen LogP contribution in [0.3, 0.4) is 0 Å². The van der Waals surface area contributed by atoms with E-state index in [9.17, 15) is 8.42 Å². The number of benzene rings is 1. The highest BCUT2D eigenvalue weighted by Gasteiger charge is 2.35. The average Bonchev–Trinajstić information content (AvgIpc) is 2.94. The molecule has 0 bridgehead atoms. The first-order valence-electron chi connectivity index (χ1n) is 8.24. The predicted octanol–water partition coefficient (Wildman–Crippen LogP) is 0.942. The first kappa shape index (κ1) is 17.1. The molecule has 1 aliphatic rings. The summed E-state index contributed by atoms with van der Waals surface area (Å²) in [6.07, 6.45) is 0. The number of nitrogens with one attached hydrogen (secondary N) is 1. The summed E-state index contributed by atoms with van der Waals surface area (Å²) in [5.74, 6) is 0.361. The third kappa shape index (κ3) is 3.11. The number of nitrogens with zero attached hydrogens (tertiary/aromatic N) is 2. The number of aromatic nitrogens is 1. The lowest BCUT2D eigenvalue weighted by atomic mass is 10.1. The lowest BCUT2D eigenvalue weighted by Gasteiger charge is -2.34. The molecule has 2 aromatic rings. The summed E-state index contributed by atoms with van der Waals surface area (Å²) in [6, 6.07) is 10.7. The summed E-state index contributed by atoms with van der Waals surface area (Å²) in [6.45, 7) is 8.12. The maximum Gasteiger partial charge on any atom is 0.248 e. The van der Waals surface area contributed by atoms with Crippen molar-refractivity contribution in [1.82, 2.24) is 9.46 Å². The van der Waals surface area contributed by atoms with Gasteiger partial charge in [0.2, 0.25) is 10.0 Å². The molecule has 1 fully saturated rings. The van der Waals surface area contributed by atoms with Crippen molar-refractivity contribution in [2.75, 3.05) is 26.2 Å². The van der Waals surface area contributed by atoms with E-state index >= 15 is 0 Å². The van der Waals surface area contributed by atoms with Crippen molar-refractivity contribution in [2.45, 2.75) is 31.7 Å². The van der Waals surface area contributed by atoms with Gasteiger partial charge in [0.05, 0.1) is 26.2 Å². The maximum absolute atomic E-state index is 12.9. The fraction of sp³-hybridized carbons (Fsp3) is 0.471. The van der Waals surface area contributed by atoms with Gasteiger partial charge in [-0.15, -0.1) is 0 Å². The molecule has 6 nitrogen and oxygen atoms in total. The number of piperazine rings is 1. The normalized spacial score (nSPS) is 18.6. The van der Waals surface area contributed by atoms with Crippen molar-refractivity contribution in [3.63, 3.8) is 0 Å². The molecule has 2 heterocycles. The van der Waals surface area contributed by atoms with Gasteiger partial charge in [0.15, 0.2) is 5.76 Å². The topological polar surface area (TPSA) is 67.9 Å². The Balaban J connectivity index is 1.71. The second kappa shape index (κ2) is 6.66. The lowest BCUT2D eigenvalue weighted by Crippen LogP contribution is -3.14. The predicted molar refractivity (Wildman–Crippen MR) is 90.3 cm³/mol. The van der Waals surface area contributed by atoms with Crippen molar-refractivity contribution in [1.29, 1.82) is 0 Å². The summed E-state index contributed by atoms with van der Waals surface area (Å²) >= 11 is 0. The molecule has 1 aliphatic heterocycles. The van der Waals surface area contributed by atoms with Crippen LogP contribution in [0.25, 0.3) is 0 Å². The van der Waals surface area contributed by atoms with Gasteiger partial charge in [-0.1, -0.05) is 35.5 Å². The molecule has 0 aliphatic carbocycles. The Morgan fingerprint density at radius 3 is 2.33 bits per heavy atom. The van der Waals surface area contributed by atoms with E-state index in [2.05, 4.69) is 24.2 Å². The Kier molecular flexibility index (Phi) is 4.76. The van der Waals surface area contributed by atoms with Crippen molar-refractivity contribution < 1.29 is 17.8 Å². The molecule has 1 N–H and O–H groups in total. The van der Waals surface area contributed by atoms with Crippen LogP contribution in [0.2, 0.25) is 0 Å². The monoisotopic (exact) mass is 350 g/mol. The molecule has 1 aromatic heterocycles. The Bertz CT molecular complexity index is 774. The summed E-state index contributed by atoms with van der Waals surface area (Å²) < 4.78 is 32.3. The third-order valence-electron chi connectivity index (χ3n) is 4.84. The molecule has 3 rings (SSSR count). The molecule has 0 amide bonds. The number of rotatable bonds is 4. The number of quaternary nitrogens is 1. The zero-order chi connectivity index (χ0) is 17.3. The number of aryl methyl sites for hydroxylation is 2. The zero-order valence-electron chi connectivity index (χ0n) is 14.3. The summed E-state index contributed by atoms with van der Waals surface area (Å²) in [7, 11) is -3.53. The highest BCUT2D eigenvalue weighted by atomic mass is 32.2. The largest absolute Gasteiger partial charge is 0.360 e. The SMILES string of the molecule is Cc1noc(C)c1S(=O)(=O)N1CC[NH+]([C@@H](C)c2ccccc2)CC1. The van der Waals surface area contributed by atoms with Crippen molar-refractivity contribution >= 4 is 10.0 Å². The Hall–Kier alpha value is -1.70. The molecule has 0 saturated carbocycles. The highest BCUT2D eigenvalue weighted by Crippen LogP contribution is 2.23. The summed E-state index contributed by atoms with van der Waals surface area (Å²) in [5.41, 5.74) is 1.72. The first-order chi connectivity index (χ1) is 11.4. The summed E-state index contributed by atoms with van der Waals surface area (Å²) in [4.78, 5) is 1.63. The molecule has 7 heteroatoms. The summed E-state index contributed by atoms with van der Waals surface area (Å²) in [5, 5.41) is 3.77. The number of hydrogen-bond acceptors (Lipinski definition) is 4. The van der Waals surface area contributed by atoms with Crippen LogP contribution in [0.1, 0.15) is 30.0 Å². The van der Waals surface area contributed by atoms with Crippen LogP contribution in [0.5, 0.6) is 0 Å². The van der Waals surface area contributed by atoms with Crippen LogP contribution in [0.4, 0.5) is 0 Å². The number of hydrogen-bond donors (Lipinski definition) is 1. The molecule has 0 spiro atoms. The van der Waals surface area contributed by atoms with Crippen LogP contribution in [0, 0.1) is 13.8 Å². The fourth-order valence-electron chi connectivity index (χ4n) is 3.40. The van der Waals surface area contributed by atoms with Crippen LogP contribution in [0.15, 0.2) is 39.8 Å². The molecule has 1 saturated heterocycles. The minimum absolute atomic E-state index is 0.224. The van der Waals surface area contributed by atoms with E-state index in [-0.39, 0.29) is 4.90 Å². The molecule has 0 radical (unpaired) electrons. The van der Waals surface area contributed by atoms with Gasteiger partial charge in [-0.25, -0.2) is 8.42 Å². The van der Waals surface area contributed by atoms with E-state index < -0.39 is 10.0 Å². The minimum Gasteiger partial charge on any atom is -0.360 e. The third-order valence-corrected chi connectivity index (χ3v) is 6.99. The van der Waals surface area contributed by atoms with Gasteiger partial charge in [0.25, 0.3) is 0 Å². The first-order valence-corrected chi connectivity index (χ1v) is 9.68.